The van der Waals surface area contributed by atoms with Gasteiger partial charge in [0, 0.05) is 21.9 Å². The van der Waals surface area contributed by atoms with E-state index in [9.17, 15) is 18.4 Å². The molecule has 0 saturated carbocycles. The van der Waals surface area contributed by atoms with Crippen molar-refractivity contribution in [3.05, 3.63) is 95.8 Å². The molecular formula is C30H25N5O7S. The molecule has 1 unspecified atom stereocenters. The van der Waals surface area contributed by atoms with E-state index in [1.54, 1.807) is 26.2 Å². The zero-order valence-corrected chi connectivity index (χ0v) is 23.8. The summed E-state index contributed by atoms with van der Waals surface area (Å²) in [6.07, 6.45) is -0.795. The molecule has 0 spiro atoms. The van der Waals surface area contributed by atoms with E-state index in [2.05, 4.69) is 20.1 Å². The molecule has 0 fully saturated rings. The Morgan fingerprint density at radius 1 is 1.05 bits per heavy atom. The number of H-pyrrole nitrogens is 1. The molecule has 2 N–H and O–H groups in total. The Morgan fingerprint density at radius 2 is 1.77 bits per heavy atom. The lowest BCUT2D eigenvalue weighted by molar-refractivity contribution is -0.832. The summed E-state index contributed by atoms with van der Waals surface area (Å²) in [5.41, 5.74) is 3.22. The smallest absolute Gasteiger partial charge is 0.415 e. The molecular weight excluding hydrogens is 574 g/mol. The van der Waals surface area contributed by atoms with Crippen LogP contribution < -0.4 is 19.7 Å². The quantitative estimate of drug-likeness (QED) is 0.233. The number of aromatic nitrogens is 4. The number of sulfone groups is 1. The Hall–Kier alpha value is -5.43. The fraction of sp³-hybridized carbons (Fsp3) is 0.133. The maximum atomic E-state index is 13.4. The number of fused-ring (bicyclic) bond motifs is 3. The molecule has 0 radical (unpaired) electrons. The Labute approximate surface area is 245 Å². The maximum absolute atomic E-state index is 13.4. The van der Waals surface area contributed by atoms with Crippen molar-refractivity contribution in [2.45, 2.75) is 22.9 Å². The van der Waals surface area contributed by atoms with Crippen LogP contribution in [0.1, 0.15) is 17.4 Å². The number of nitrogens with zero attached hydrogens (tertiary/aromatic N) is 3. The Morgan fingerprint density at radius 3 is 2.51 bits per heavy atom. The zero-order valence-electron chi connectivity index (χ0n) is 23.0. The topological polar surface area (TPSA) is 163 Å². The summed E-state index contributed by atoms with van der Waals surface area (Å²) >= 11 is 0. The van der Waals surface area contributed by atoms with Crippen molar-refractivity contribution in [1.82, 2.24) is 20.4 Å². The number of methoxy groups -OCH3 is 1. The Kier molecular flexibility index (Phi) is 7.16. The van der Waals surface area contributed by atoms with Gasteiger partial charge in [-0.3, -0.25) is 9.42 Å². The summed E-state index contributed by atoms with van der Waals surface area (Å²) in [6.45, 7) is 1.53. The molecule has 218 valence electrons. The SMILES string of the molecule is COc1ccc(-c2nc(C(=O)NCC(C)Oc3no[n+]([O-])c3S(=O)(=O)c3ccccc3)cc3c2[nH]c2ccccc23)cc1. The number of carbonyl (C=O) groups excluding carboxylic acids is 1. The van der Waals surface area contributed by atoms with Gasteiger partial charge in [0.25, 0.3) is 15.7 Å². The molecule has 0 aliphatic rings. The molecule has 0 saturated heterocycles. The molecule has 43 heavy (non-hydrogen) atoms. The van der Waals surface area contributed by atoms with Crippen LogP contribution in [-0.2, 0) is 9.84 Å². The molecule has 13 heteroatoms. The van der Waals surface area contributed by atoms with E-state index in [1.165, 1.54) is 24.3 Å². The molecule has 0 aliphatic carbocycles. The van der Waals surface area contributed by atoms with Crippen LogP contribution in [0.3, 0.4) is 0 Å². The predicted octanol–water partition coefficient (Wildman–Crippen LogP) is 4.04. The summed E-state index contributed by atoms with van der Waals surface area (Å²) in [5.74, 6) is -0.303. The molecule has 1 atom stereocenters. The molecule has 12 nitrogen and oxygen atoms in total. The maximum Gasteiger partial charge on any atom is 0.415 e. The highest BCUT2D eigenvalue weighted by Gasteiger charge is 2.36. The van der Waals surface area contributed by atoms with E-state index in [4.69, 9.17) is 14.5 Å². The van der Waals surface area contributed by atoms with Crippen LogP contribution in [-0.4, -0.2) is 49.2 Å². The number of hydrogen-bond acceptors (Lipinski definition) is 9. The second kappa shape index (κ2) is 11.1. The first-order chi connectivity index (χ1) is 20.8. The number of benzene rings is 3. The molecule has 6 rings (SSSR count). The standard InChI is InChI=1S/C30H25N5O7S/c1-18(41-29-30(35(37)42-34-29)43(38,39)21-8-4-3-5-9-21)17-31-28(36)25-16-23-22-10-6-7-11-24(22)32-27(23)26(33-25)19-12-14-20(40-2)15-13-19/h3-16,18,32H,17H2,1-2H3,(H,31,36). The van der Waals surface area contributed by atoms with Gasteiger partial charge in [-0.25, -0.2) is 13.4 Å². The normalized spacial score (nSPS) is 12.3. The minimum atomic E-state index is -4.28. The predicted molar refractivity (Wildman–Crippen MR) is 155 cm³/mol. The first-order valence-electron chi connectivity index (χ1n) is 13.2. The molecule has 3 aromatic carbocycles. The minimum Gasteiger partial charge on any atom is -0.497 e. The second-order valence-corrected chi connectivity index (χ2v) is 11.5. The number of ether oxygens (including phenoxy) is 2. The molecule has 0 aliphatic heterocycles. The van der Waals surface area contributed by atoms with E-state index in [-0.39, 0.29) is 22.0 Å². The van der Waals surface area contributed by atoms with Crippen LogP contribution in [0.15, 0.2) is 99.5 Å². The highest BCUT2D eigenvalue weighted by atomic mass is 32.2. The van der Waals surface area contributed by atoms with E-state index in [0.717, 1.165) is 27.4 Å². The summed E-state index contributed by atoms with van der Waals surface area (Å²) in [6, 6.07) is 24.2. The number of rotatable bonds is 9. The molecule has 1 amide bonds. The molecule has 6 aromatic rings. The summed E-state index contributed by atoms with van der Waals surface area (Å²) in [4.78, 5) is 21.1. The average Bonchev–Trinajstić information content (AvgIpc) is 3.60. The summed E-state index contributed by atoms with van der Waals surface area (Å²) in [5, 5.41) is 19.4. The van der Waals surface area contributed by atoms with Crippen LogP contribution >= 0.6 is 0 Å². The van der Waals surface area contributed by atoms with Crippen molar-refractivity contribution in [2.24, 2.45) is 0 Å². The number of pyridine rings is 1. The van der Waals surface area contributed by atoms with Gasteiger partial charge in [-0.05, 0) is 60.4 Å². The second-order valence-electron chi connectivity index (χ2n) is 9.67. The number of aromatic amines is 1. The average molecular weight is 600 g/mol. The van der Waals surface area contributed by atoms with Gasteiger partial charge in [-0.2, -0.15) is 0 Å². The number of nitrogens with one attached hydrogen (secondary N) is 2. The van der Waals surface area contributed by atoms with Crippen molar-refractivity contribution < 1.29 is 32.2 Å². The lowest BCUT2D eigenvalue weighted by atomic mass is 10.1. The van der Waals surface area contributed by atoms with Crippen LogP contribution in [0, 0.1) is 5.21 Å². The minimum absolute atomic E-state index is 0.0547. The summed E-state index contributed by atoms with van der Waals surface area (Å²) < 4.78 is 41.5. The zero-order chi connectivity index (χ0) is 30.1. The fourth-order valence-corrected chi connectivity index (χ4v) is 5.99. The number of hydrogen-bond donors (Lipinski definition) is 2. The number of para-hydroxylation sites is 1. The monoisotopic (exact) mass is 599 g/mol. The molecule has 3 heterocycles. The van der Waals surface area contributed by atoms with E-state index in [0.29, 0.717) is 11.4 Å². The van der Waals surface area contributed by atoms with Gasteiger partial charge in [0.2, 0.25) is 0 Å². The van der Waals surface area contributed by atoms with Crippen molar-refractivity contribution >= 4 is 37.6 Å². The third-order valence-electron chi connectivity index (χ3n) is 6.81. The van der Waals surface area contributed by atoms with Gasteiger partial charge in [0.05, 0.1) is 34.9 Å². The lowest BCUT2D eigenvalue weighted by Gasteiger charge is -2.13. The van der Waals surface area contributed by atoms with Crippen molar-refractivity contribution in [2.75, 3.05) is 13.7 Å². The Bertz CT molecular complexity index is 2060. The third-order valence-corrected chi connectivity index (χ3v) is 8.54. The largest absolute Gasteiger partial charge is 0.497 e. The van der Waals surface area contributed by atoms with Crippen LogP contribution in [0.2, 0.25) is 0 Å². The van der Waals surface area contributed by atoms with Gasteiger partial charge >= 0.3 is 10.9 Å². The van der Waals surface area contributed by atoms with Crippen molar-refractivity contribution in [3.8, 4) is 22.9 Å². The van der Waals surface area contributed by atoms with Crippen molar-refractivity contribution in [1.29, 1.82) is 0 Å². The van der Waals surface area contributed by atoms with Crippen LogP contribution in [0.25, 0.3) is 33.1 Å². The van der Waals surface area contributed by atoms with Crippen LogP contribution in [0.4, 0.5) is 0 Å². The first-order valence-corrected chi connectivity index (χ1v) is 14.6. The fourth-order valence-electron chi connectivity index (χ4n) is 4.70. The number of carbonyl (C=O) groups is 1. The van der Waals surface area contributed by atoms with Crippen LogP contribution in [0.5, 0.6) is 11.6 Å². The molecule has 0 bridgehead atoms. The van der Waals surface area contributed by atoms with Gasteiger partial charge in [0.15, 0.2) is 0 Å². The summed E-state index contributed by atoms with van der Waals surface area (Å²) in [7, 11) is -2.70. The van der Waals surface area contributed by atoms with Gasteiger partial charge in [0.1, 0.15) is 17.5 Å². The van der Waals surface area contributed by atoms with E-state index in [1.807, 2.05) is 48.5 Å². The van der Waals surface area contributed by atoms with Gasteiger partial charge in [-0.1, -0.05) is 36.4 Å². The van der Waals surface area contributed by atoms with Gasteiger partial charge in [-0.15, -0.1) is 0 Å². The first kappa shape index (κ1) is 27.7. The lowest BCUT2D eigenvalue weighted by Crippen LogP contribution is -2.35. The highest BCUT2D eigenvalue weighted by molar-refractivity contribution is 7.91. The van der Waals surface area contributed by atoms with E-state index < -0.39 is 32.8 Å². The van der Waals surface area contributed by atoms with Crippen molar-refractivity contribution in [3.63, 3.8) is 0 Å². The van der Waals surface area contributed by atoms with Gasteiger partial charge < -0.3 is 25.0 Å². The van der Waals surface area contributed by atoms with E-state index >= 15 is 0 Å². The Balaban J connectivity index is 1.26. The third kappa shape index (κ3) is 5.21. The highest BCUT2D eigenvalue weighted by Crippen LogP contribution is 2.33. The molecule has 3 aromatic heterocycles. The number of amides is 1.